The topological polar surface area (TPSA) is 122 Å². The van der Waals surface area contributed by atoms with Gasteiger partial charge in [-0.3, -0.25) is 0 Å². The highest BCUT2D eigenvalue weighted by Gasteiger charge is 2.66. The van der Waals surface area contributed by atoms with Crippen LogP contribution in [0.2, 0.25) is 5.15 Å². The summed E-state index contributed by atoms with van der Waals surface area (Å²) >= 11 is 6.15. The second-order valence-corrected chi connectivity index (χ2v) is 10.7. The molecule has 5 rings (SSSR count). The number of nitrogens with zero attached hydrogens (tertiary/aromatic N) is 2. The number of carboxylic acid groups (broad SMARTS) is 1. The van der Waals surface area contributed by atoms with Gasteiger partial charge in [-0.2, -0.15) is 0 Å². The lowest BCUT2D eigenvalue weighted by atomic mass is 9.67. The summed E-state index contributed by atoms with van der Waals surface area (Å²) in [6.07, 6.45) is 4.18. The van der Waals surface area contributed by atoms with Crippen LogP contribution in [0, 0.1) is 0 Å². The Bertz CT molecular complexity index is 1140. The Hall–Kier alpha value is -2.58. The van der Waals surface area contributed by atoms with Crippen LogP contribution < -0.4 is 5.73 Å². The van der Waals surface area contributed by atoms with Crippen LogP contribution in [0.5, 0.6) is 0 Å². The summed E-state index contributed by atoms with van der Waals surface area (Å²) in [4.78, 5) is 34.3. The number of likely N-dealkylation sites (tertiary alicyclic amines) is 1. The third kappa shape index (κ3) is 3.11. The maximum absolute atomic E-state index is 12.6. The van der Waals surface area contributed by atoms with Gasteiger partial charge in [0, 0.05) is 36.1 Å². The average molecular weight is 459 g/mol. The number of carbonyl (C=O) groups excluding carboxylic acids is 1. The zero-order chi connectivity index (χ0) is 23.1. The second kappa shape index (κ2) is 6.71. The van der Waals surface area contributed by atoms with Crippen molar-refractivity contribution >= 4 is 23.7 Å². The number of nitrogens with one attached hydrogen (secondary N) is 1. The number of nitrogens with two attached hydrogens (primary N) is 1. The molecule has 170 valence electrons. The fourth-order valence-electron chi connectivity index (χ4n) is 5.16. The second-order valence-electron chi connectivity index (χ2n) is 10.3. The van der Waals surface area contributed by atoms with Crippen LogP contribution in [0.15, 0.2) is 12.3 Å². The number of ether oxygens (including phenoxy) is 1. The smallest absolute Gasteiger partial charge is 0.410 e. The standard InChI is InChI=1S/C23H27ClN4O4/c1-21(2,3)32-20(31)28-10-22(11-28,23(25)6-7-23)18-16(19(29)30)13-5-4-12-9-26-15(24)8-14(12)17(13)27-18/h8-9,27H,4-7,10-11,25H2,1-3H3,(H,29,30). The van der Waals surface area contributed by atoms with Crippen LogP contribution in [-0.2, 0) is 23.0 Å². The van der Waals surface area contributed by atoms with Crippen LogP contribution in [0.4, 0.5) is 4.79 Å². The average Bonchev–Trinajstić information content (AvgIpc) is 3.26. The van der Waals surface area contributed by atoms with Gasteiger partial charge in [0.15, 0.2) is 0 Å². The minimum Gasteiger partial charge on any atom is -0.478 e. The molecule has 1 amide bonds. The highest BCUT2D eigenvalue weighted by Crippen LogP contribution is 2.56. The first-order valence-electron chi connectivity index (χ1n) is 10.8. The molecule has 3 aliphatic rings. The summed E-state index contributed by atoms with van der Waals surface area (Å²) in [5.74, 6) is -0.986. The molecule has 0 aromatic carbocycles. The predicted molar refractivity (Wildman–Crippen MR) is 119 cm³/mol. The van der Waals surface area contributed by atoms with Crippen LogP contribution in [-0.4, -0.2) is 56.3 Å². The summed E-state index contributed by atoms with van der Waals surface area (Å²) < 4.78 is 5.52. The van der Waals surface area contributed by atoms with Crippen molar-refractivity contribution in [1.29, 1.82) is 0 Å². The van der Waals surface area contributed by atoms with Gasteiger partial charge >= 0.3 is 12.1 Å². The Morgan fingerprint density at radius 3 is 2.56 bits per heavy atom. The molecule has 0 atom stereocenters. The lowest BCUT2D eigenvalue weighted by Gasteiger charge is -2.53. The number of hydrogen-bond acceptors (Lipinski definition) is 5. The van der Waals surface area contributed by atoms with Gasteiger partial charge in [-0.25, -0.2) is 14.6 Å². The minimum atomic E-state index is -0.986. The molecule has 9 heteroatoms. The van der Waals surface area contributed by atoms with Gasteiger partial charge < -0.3 is 25.5 Å². The maximum atomic E-state index is 12.6. The minimum absolute atomic E-state index is 0.277. The molecule has 1 aliphatic heterocycles. The van der Waals surface area contributed by atoms with Gasteiger partial charge in [0.25, 0.3) is 0 Å². The van der Waals surface area contributed by atoms with Crippen molar-refractivity contribution in [2.75, 3.05) is 13.1 Å². The number of H-pyrrole nitrogens is 1. The Labute approximate surface area is 191 Å². The van der Waals surface area contributed by atoms with Gasteiger partial charge in [-0.1, -0.05) is 11.6 Å². The number of aryl methyl sites for hydroxylation is 1. The Morgan fingerprint density at radius 1 is 1.28 bits per heavy atom. The molecule has 32 heavy (non-hydrogen) atoms. The molecule has 1 saturated carbocycles. The van der Waals surface area contributed by atoms with Crippen molar-refractivity contribution in [3.63, 3.8) is 0 Å². The number of rotatable bonds is 3. The number of aromatic amines is 1. The predicted octanol–water partition coefficient (Wildman–Crippen LogP) is 3.51. The maximum Gasteiger partial charge on any atom is 0.410 e. The van der Waals surface area contributed by atoms with Gasteiger partial charge in [-0.05, 0) is 63.6 Å². The molecular weight excluding hydrogens is 432 g/mol. The van der Waals surface area contributed by atoms with E-state index in [2.05, 4.69) is 9.97 Å². The summed E-state index contributed by atoms with van der Waals surface area (Å²) in [5, 5.41) is 10.6. The SMILES string of the molecule is CC(C)(C)OC(=O)N1CC(c2[nH]c3c(c2C(=O)O)CCc2cnc(Cl)cc2-3)(C2(N)CC2)C1. The van der Waals surface area contributed by atoms with E-state index in [0.29, 0.717) is 36.8 Å². The van der Waals surface area contributed by atoms with E-state index < -0.39 is 28.6 Å². The number of carbonyl (C=O) groups is 2. The number of pyridine rings is 1. The molecule has 2 aliphatic carbocycles. The third-order valence-corrected chi connectivity index (χ3v) is 7.18. The number of halogens is 1. The summed E-state index contributed by atoms with van der Waals surface area (Å²) in [5.41, 5.74) is 9.23. The summed E-state index contributed by atoms with van der Waals surface area (Å²) in [6.45, 7) is 6.11. The van der Waals surface area contributed by atoms with Crippen molar-refractivity contribution in [3.8, 4) is 11.3 Å². The number of aromatic carboxylic acids is 1. The Morgan fingerprint density at radius 2 is 1.97 bits per heavy atom. The van der Waals surface area contributed by atoms with Gasteiger partial charge in [0.2, 0.25) is 0 Å². The number of aromatic nitrogens is 2. The lowest BCUT2D eigenvalue weighted by molar-refractivity contribution is -0.0191. The van der Waals surface area contributed by atoms with Crippen molar-refractivity contribution in [1.82, 2.24) is 14.9 Å². The summed E-state index contributed by atoms with van der Waals surface area (Å²) in [6, 6.07) is 1.77. The Balaban J connectivity index is 1.59. The molecular formula is C23H27ClN4O4. The molecule has 0 radical (unpaired) electrons. The first kappa shape index (κ1) is 21.3. The van der Waals surface area contributed by atoms with Crippen LogP contribution in [0.1, 0.15) is 60.8 Å². The number of fused-ring (bicyclic) bond motifs is 3. The summed E-state index contributed by atoms with van der Waals surface area (Å²) in [7, 11) is 0. The van der Waals surface area contributed by atoms with Crippen LogP contribution in [0.3, 0.4) is 0 Å². The molecule has 3 heterocycles. The van der Waals surface area contributed by atoms with E-state index in [1.54, 1.807) is 17.2 Å². The first-order valence-corrected chi connectivity index (χ1v) is 11.2. The van der Waals surface area contributed by atoms with Crippen molar-refractivity contribution in [3.05, 3.63) is 39.8 Å². The molecule has 1 saturated heterocycles. The van der Waals surface area contributed by atoms with E-state index in [1.165, 1.54) is 0 Å². The van der Waals surface area contributed by atoms with Gasteiger partial charge in [-0.15, -0.1) is 0 Å². The monoisotopic (exact) mass is 458 g/mol. The van der Waals surface area contributed by atoms with Crippen molar-refractivity contribution in [2.24, 2.45) is 5.73 Å². The Kier molecular flexibility index (Phi) is 4.46. The molecule has 0 bridgehead atoms. The quantitative estimate of drug-likeness (QED) is 0.605. The van der Waals surface area contributed by atoms with E-state index >= 15 is 0 Å². The largest absolute Gasteiger partial charge is 0.478 e. The fraction of sp³-hybridized carbons (Fsp3) is 0.522. The first-order chi connectivity index (χ1) is 14.9. The van der Waals surface area contributed by atoms with Crippen molar-refractivity contribution < 1.29 is 19.4 Å². The van der Waals surface area contributed by atoms with Crippen LogP contribution >= 0.6 is 11.6 Å². The van der Waals surface area contributed by atoms with Crippen LogP contribution in [0.25, 0.3) is 11.3 Å². The van der Waals surface area contributed by atoms with E-state index in [9.17, 15) is 14.7 Å². The molecule has 0 spiro atoms. The number of carboxylic acids is 1. The molecule has 0 unspecified atom stereocenters. The van der Waals surface area contributed by atoms with E-state index in [4.69, 9.17) is 22.1 Å². The molecule has 2 aromatic heterocycles. The van der Waals surface area contributed by atoms with E-state index in [-0.39, 0.29) is 5.56 Å². The number of hydrogen-bond donors (Lipinski definition) is 3. The van der Waals surface area contributed by atoms with E-state index in [0.717, 1.165) is 35.2 Å². The van der Waals surface area contributed by atoms with Gasteiger partial charge in [0.05, 0.1) is 16.7 Å². The highest BCUT2D eigenvalue weighted by atomic mass is 35.5. The third-order valence-electron chi connectivity index (χ3n) is 6.98. The van der Waals surface area contributed by atoms with Crippen molar-refractivity contribution in [2.45, 2.75) is 63.0 Å². The molecule has 4 N–H and O–H groups in total. The number of amides is 1. The molecule has 2 aromatic rings. The zero-order valence-electron chi connectivity index (χ0n) is 18.4. The molecule has 2 fully saturated rings. The van der Waals surface area contributed by atoms with Gasteiger partial charge in [0.1, 0.15) is 10.8 Å². The fourth-order valence-corrected chi connectivity index (χ4v) is 5.32. The molecule has 8 nitrogen and oxygen atoms in total. The highest BCUT2D eigenvalue weighted by molar-refractivity contribution is 6.29. The zero-order valence-corrected chi connectivity index (χ0v) is 19.2. The normalized spacial score (nSPS) is 20.1. The lowest BCUT2D eigenvalue weighted by Crippen LogP contribution is -2.70. The van der Waals surface area contributed by atoms with E-state index in [1.807, 2.05) is 20.8 Å².